The lowest BCUT2D eigenvalue weighted by atomic mass is 9.89. The Bertz CT molecular complexity index is 1130. The zero-order valence-electron chi connectivity index (χ0n) is 19.7. The number of benzene rings is 2. The molecule has 0 radical (unpaired) electrons. The van der Waals surface area contributed by atoms with Crippen molar-refractivity contribution in [3.63, 3.8) is 0 Å². The summed E-state index contributed by atoms with van der Waals surface area (Å²) in [5.41, 5.74) is -0.471. The number of fused-ring (bicyclic) bond motifs is 3. The Morgan fingerprint density at radius 3 is 2.23 bits per heavy atom. The minimum atomic E-state index is -4.60. The third kappa shape index (κ3) is 4.59. The number of carboxylic acid groups (broad SMARTS) is 1. The first-order valence-corrected chi connectivity index (χ1v) is 12.5. The van der Waals surface area contributed by atoms with E-state index in [0.29, 0.717) is 29.7 Å². The van der Waals surface area contributed by atoms with Crippen molar-refractivity contribution in [2.24, 2.45) is 11.8 Å². The Hall–Kier alpha value is -2.77. The smallest absolute Gasteiger partial charge is 0.420 e. The lowest BCUT2D eigenvalue weighted by Crippen LogP contribution is -2.47. The van der Waals surface area contributed by atoms with Crippen LogP contribution in [0.4, 0.5) is 13.2 Å². The molecule has 1 amide bonds. The van der Waals surface area contributed by atoms with E-state index in [4.69, 9.17) is 4.74 Å². The van der Waals surface area contributed by atoms with E-state index >= 15 is 0 Å². The summed E-state index contributed by atoms with van der Waals surface area (Å²) in [5, 5.41) is 9.74. The highest BCUT2D eigenvalue weighted by molar-refractivity contribution is 6.00. The number of aliphatic carboxylic acids is 1. The zero-order valence-corrected chi connectivity index (χ0v) is 19.7. The lowest BCUT2D eigenvalue weighted by Gasteiger charge is -2.37. The number of carboxylic acids is 1. The molecule has 3 fully saturated rings. The second kappa shape index (κ2) is 9.03. The zero-order chi connectivity index (χ0) is 24.9. The number of carbonyl (C=O) groups excluding carboxylic acids is 1. The fourth-order valence-corrected chi connectivity index (χ4v) is 6.22. The van der Waals surface area contributed by atoms with Gasteiger partial charge in [0.1, 0.15) is 11.3 Å². The van der Waals surface area contributed by atoms with E-state index in [9.17, 15) is 27.9 Å². The highest BCUT2D eigenvalue weighted by atomic mass is 19.4. The molecule has 2 unspecified atom stereocenters. The van der Waals surface area contributed by atoms with Gasteiger partial charge in [-0.25, -0.2) is 0 Å². The average Bonchev–Trinajstić information content (AvgIpc) is 3.07. The SMILES string of the molecule is C[C@H]1CC[C@@H](Oc2ccc3cc(C(=O)N4C5CCC4CC(C(=O)O)C5)ccc3c2C(F)(F)F)CC1. The third-order valence-corrected chi connectivity index (χ3v) is 8.09. The monoisotopic (exact) mass is 489 g/mol. The van der Waals surface area contributed by atoms with Gasteiger partial charge in [0, 0.05) is 17.6 Å². The summed E-state index contributed by atoms with van der Waals surface area (Å²) >= 11 is 0. The number of amides is 1. The van der Waals surface area contributed by atoms with Crippen LogP contribution in [0.1, 0.15) is 74.2 Å². The molecule has 1 saturated carbocycles. The van der Waals surface area contributed by atoms with Crippen LogP contribution < -0.4 is 4.74 Å². The molecular formula is C27H30F3NO4. The van der Waals surface area contributed by atoms with Gasteiger partial charge < -0.3 is 14.7 Å². The van der Waals surface area contributed by atoms with E-state index in [1.807, 2.05) is 0 Å². The van der Waals surface area contributed by atoms with Crippen molar-refractivity contribution < 1.29 is 32.6 Å². The van der Waals surface area contributed by atoms with Gasteiger partial charge in [0.15, 0.2) is 0 Å². The predicted molar refractivity (Wildman–Crippen MR) is 124 cm³/mol. The van der Waals surface area contributed by atoms with Gasteiger partial charge in [-0.3, -0.25) is 9.59 Å². The normalized spacial score (nSPS) is 28.8. The molecule has 5 nitrogen and oxygen atoms in total. The Kier molecular flexibility index (Phi) is 6.18. The fourth-order valence-electron chi connectivity index (χ4n) is 6.22. The molecule has 188 valence electrons. The van der Waals surface area contributed by atoms with Crippen LogP contribution in [0.3, 0.4) is 0 Å². The van der Waals surface area contributed by atoms with Gasteiger partial charge in [0.25, 0.3) is 5.91 Å². The highest BCUT2D eigenvalue weighted by Gasteiger charge is 2.45. The van der Waals surface area contributed by atoms with Gasteiger partial charge in [-0.1, -0.05) is 19.1 Å². The van der Waals surface area contributed by atoms with Crippen molar-refractivity contribution in [1.29, 1.82) is 0 Å². The van der Waals surface area contributed by atoms with Crippen molar-refractivity contribution in [1.82, 2.24) is 4.90 Å². The molecule has 2 atom stereocenters. The standard InChI is InChI=1S/C27H30F3NO4/c1-15-2-8-21(9-3-15)35-23-11-5-16-12-17(4-10-22(16)24(23)27(28,29)30)25(32)31-19-6-7-20(31)14-18(13-19)26(33)34/h4-5,10-12,15,18-21H,2-3,6-9,13-14H2,1H3,(H,33,34)/t15-,18?,19?,20?,21+. The Balaban J connectivity index is 1.43. The number of alkyl halides is 3. The van der Waals surface area contributed by atoms with Crippen LogP contribution in [-0.2, 0) is 11.0 Å². The van der Waals surface area contributed by atoms with Crippen LogP contribution in [0.2, 0.25) is 0 Å². The van der Waals surface area contributed by atoms with Gasteiger partial charge in [0.05, 0.1) is 12.0 Å². The second-order valence-corrected chi connectivity index (χ2v) is 10.5. The van der Waals surface area contributed by atoms with Crippen LogP contribution in [-0.4, -0.2) is 40.1 Å². The van der Waals surface area contributed by atoms with Crippen LogP contribution in [0.5, 0.6) is 5.75 Å². The summed E-state index contributed by atoms with van der Waals surface area (Å²) in [6.45, 7) is 2.14. The van der Waals surface area contributed by atoms with Crippen molar-refractivity contribution >= 4 is 22.6 Å². The minimum Gasteiger partial charge on any atom is -0.490 e. The molecule has 2 bridgehead atoms. The first-order valence-electron chi connectivity index (χ1n) is 12.5. The number of carbonyl (C=O) groups is 2. The van der Waals surface area contributed by atoms with Crippen molar-refractivity contribution in [2.45, 2.75) is 82.7 Å². The maximum Gasteiger partial charge on any atom is 0.420 e. The van der Waals surface area contributed by atoms with Crippen LogP contribution >= 0.6 is 0 Å². The Labute approximate surface area is 202 Å². The summed E-state index contributed by atoms with van der Waals surface area (Å²) in [4.78, 5) is 26.5. The molecule has 1 aliphatic carbocycles. The molecule has 35 heavy (non-hydrogen) atoms. The van der Waals surface area contributed by atoms with Crippen LogP contribution in [0.15, 0.2) is 30.3 Å². The number of piperidine rings is 1. The van der Waals surface area contributed by atoms with Gasteiger partial charge >= 0.3 is 12.1 Å². The molecule has 8 heteroatoms. The first-order chi connectivity index (χ1) is 16.6. The lowest BCUT2D eigenvalue weighted by molar-refractivity contribution is -0.144. The number of hydrogen-bond donors (Lipinski definition) is 1. The largest absolute Gasteiger partial charge is 0.490 e. The van der Waals surface area contributed by atoms with Gasteiger partial charge in [-0.05, 0) is 86.3 Å². The number of ether oxygens (including phenoxy) is 1. The molecule has 2 saturated heterocycles. The number of hydrogen-bond acceptors (Lipinski definition) is 3. The molecule has 5 rings (SSSR count). The maximum atomic E-state index is 14.2. The molecule has 2 aromatic rings. The molecular weight excluding hydrogens is 459 g/mol. The highest BCUT2D eigenvalue weighted by Crippen LogP contribution is 2.44. The molecule has 2 aliphatic heterocycles. The summed E-state index contributed by atoms with van der Waals surface area (Å²) in [7, 11) is 0. The fraction of sp³-hybridized carbons (Fsp3) is 0.556. The summed E-state index contributed by atoms with van der Waals surface area (Å²) in [6.07, 6.45) is 0.895. The molecule has 0 aromatic heterocycles. The summed E-state index contributed by atoms with van der Waals surface area (Å²) in [5.74, 6) is -1.12. The number of halogens is 3. The molecule has 1 N–H and O–H groups in total. The molecule has 0 spiro atoms. The van der Waals surface area contributed by atoms with E-state index in [2.05, 4.69) is 6.92 Å². The van der Waals surface area contributed by atoms with E-state index in [-0.39, 0.29) is 35.2 Å². The van der Waals surface area contributed by atoms with E-state index in [1.165, 1.54) is 24.3 Å². The van der Waals surface area contributed by atoms with Gasteiger partial charge in [0.2, 0.25) is 0 Å². The maximum absolute atomic E-state index is 14.2. The number of rotatable bonds is 4. The summed E-state index contributed by atoms with van der Waals surface area (Å²) < 4.78 is 48.3. The van der Waals surface area contributed by atoms with E-state index in [0.717, 1.165) is 38.5 Å². The van der Waals surface area contributed by atoms with Gasteiger partial charge in [-0.15, -0.1) is 0 Å². The van der Waals surface area contributed by atoms with Gasteiger partial charge in [-0.2, -0.15) is 13.2 Å². The molecule has 2 heterocycles. The summed E-state index contributed by atoms with van der Waals surface area (Å²) in [6, 6.07) is 7.02. The first kappa shape index (κ1) is 23.9. The Morgan fingerprint density at radius 2 is 1.63 bits per heavy atom. The second-order valence-electron chi connectivity index (χ2n) is 10.5. The van der Waals surface area contributed by atoms with Crippen LogP contribution in [0, 0.1) is 11.8 Å². The third-order valence-electron chi connectivity index (χ3n) is 8.09. The topological polar surface area (TPSA) is 66.8 Å². The molecule has 3 aliphatic rings. The minimum absolute atomic E-state index is 0.0169. The predicted octanol–water partition coefficient (Wildman–Crippen LogP) is 6.28. The van der Waals surface area contributed by atoms with E-state index < -0.39 is 23.6 Å². The quantitative estimate of drug-likeness (QED) is 0.549. The van der Waals surface area contributed by atoms with Crippen molar-refractivity contribution in [3.8, 4) is 5.75 Å². The Morgan fingerprint density at radius 1 is 0.971 bits per heavy atom. The average molecular weight is 490 g/mol. The number of nitrogens with zero attached hydrogens (tertiary/aromatic N) is 1. The van der Waals surface area contributed by atoms with Crippen molar-refractivity contribution in [3.05, 3.63) is 41.5 Å². The van der Waals surface area contributed by atoms with Crippen molar-refractivity contribution in [2.75, 3.05) is 0 Å². The molecule has 2 aromatic carbocycles. The van der Waals surface area contributed by atoms with E-state index in [1.54, 1.807) is 11.0 Å². The van der Waals surface area contributed by atoms with Crippen LogP contribution in [0.25, 0.3) is 10.8 Å².